The fourth-order valence-electron chi connectivity index (χ4n) is 4.58. The van der Waals surface area contributed by atoms with Crippen molar-refractivity contribution in [3.63, 3.8) is 0 Å². The zero-order valence-electron chi connectivity index (χ0n) is 13.4. The fraction of sp³-hybridized carbons (Fsp3) is 0.933. The molecule has 0 radical (unpaired) electrons. The van der Waals surface area contributed by atoms with Crippen molar-refractivity contribution in [2.24, 2.45) is 11.7 Å². The first-order chi connectivity index (χ1) is 9.42. The van der Waals surface area contributed by atoms with Gasteiger partial charge in [0.25, 0.3) is 0 Å². The Bertz CT molecular complexity index is 356. The maximum absolute atomic E-state index is 12.3. The predicted octanol–water partition coefficient (Wildman–Crippen LogP) is 0.254. The number of piperidine rings is 1. The van der Waals surface area contributed by atoms with Crippen molar-refractivity contribution in [1.82, 2.24) is 15.1 Å². The number of hydrogen-bond donors (Lipinski definition) is 2. The Labute approximate surface area is 122 Å². The molecular formula is C15H30N4O. The Kier molecular flexibility index (Phi) is 4.72. The molecule has 2 aliphatic heterocycles. The average Bonchev–Trinajstić information content (AvgIpc) is 2.39. The van der Waals surface area contributed by atoms with Crippen molar-refractivity contribution in [3.8, 4) is 0 Å². The van der Waals surface area contributed by atoms with Crippen LogP contribution < -0.4 is 11.1 Å². The number of hydrogen-bond acceptors (Lipinski definition) is 4. The van der Waals surface area contributed by atoms with E-state index in [-0.39, 0.29) is 11.9 Å². The van der Waals surface area contributed by atoms with Crippen molar-refractivity contribution >= 4 is 5.91 Å². The van der Waals surface area contributed by atoms with Crippen LogP contribution in [0, 0.1) is 5.92 Å². The van der Waals surface area contributed by atoms with Gasteiger partial charge in [0.2, 0.25) is 5.91 Å². The molecule has 2 rings (SSSR count). The molecule has 3 N–H and O–H groups in total. The lowest BCUT2D eigenvalue weighted by Gasteiger charge is -2.57. The van der Waals surface area contributed by atoms with E-state index in [1.807, 2.05) is 0 Å². The Hall–Kier alpha value is -0.650. The zero-order chi connectivity index (χ0) is 14.9. The minimum Gasteiger partial charge on any atom is -0.368 e. The minimum absolute atomic E-state index is 0.179. The van der Waals surface area contributed by atoms with Crippen LogP contribution in [0.1, 0.15) is 34.1 Å². The molecular weight excluding hydrogens is 252 g/mol. The monoisotopic (exact) mass is 282 g/mol. The van der Waals surface area contributed by atoms with E-state index in [4.69, 9.17) is 5.73 Å². The molecule has 0 aromatic heterocycles. The molecule has 116 valence electrons. The Morgan fingerprint density at radius 3 is 2.45 bits per heavy atom. The topological polar surface area (TPSA) is 61.6 Å². The summed E-state index contributed by atoms with van der Waals surface area (Å²) in [5.41, 5.74) is 5.30. The third kappa shape index (κ3) is 2.47. The van der Waals surface area contributed by atoms with E-state index in [9.17, 15) is 4.79 Å². The summed E-state index contributed by atoms with van der Waals surface area (Å²) in [6.45, 7) is 13.6. The van der Waals surface area contributed by atoms with E-state index >= 15 is 0 Å². The molecule has 5 nitrogen and oxygen atoms in total. The molecule has 0 saturated carbocycles. The molecule has 2 heterocycles. The van der Waals surface area contributed by atoms with Crippen LogP contribution in [0.5, 0.6) is 0 Å². The van der Waals surface area contributed by atoms with Crippen molar-refractivity contribution < 1.29 is 4.79 Å². The summed E-state index contributed by atoms with van der Waals surface area (Å²) in [7, 11) is 0. The van der Waals surface area contributed by atoms with Crippen LogP contribution in [-0.4, -0.2) is 66.1 Å². The number of carbonyl (C=O) groups excluding carboxylic acids is 1. The zero-order valence-corrected chi connectivity index (χ0v) is 13.4. The first-order valence-corrected chi connectivity index (χ1v) is 7.94. The highest BCUT2D eigenvalue weighted by Gasteiger charge is 2.53. The van der Waals surface area contributed by atoms with E-state index in [2.05, 4.69) is 42.8 Å². The van der Waals surface area contributed by atoms with Crippen molar-refractivity contribution in [2.75, 3.05) is 32.7 Å². The van der Waals surface area contributed by atoms with Gasteiger partial charge >= 0.3 is 0 Å². The molecule has 2 saturated heterocycles. The van der Waals surface area contributed by atoms with Crippen LogP contribution in [-0.2, 0) is 4.79 Å². The SMILES string of the molecule is CCN1C(C)CC(C)C(N2CCNCC2)C1(C)C(N)=O. The van der Waals surface area contributed by atoms with E-state index in [0.717, 1.165) is 39.1 Å². The Morgan fingerprint density at radius 2 is 1.95 bits per heavy atom. The summed E-state index contributed by atoms with van der Waals surface area (Å²) in [4.78, 5) is 17.1. The highest BCUT2D eigenvalue weighted by molar-refractivity contribution is 5.85. The number of likely N-dealkylation sites (tertiary alicyclic amines) is 1. The summed E-state index contributed by atoms with van der Waals surface area (Å²) >= 11 is 0. The van der Waals surface area contributed by atoms with E-state index in [0.29, 0.717) is 12.0 Å². The molecule has 2 aliphatic rings. The number of nitrogens with two attached hydrogens (primary N) is 1. The van der Waals surface area contributed by atoms with Crippen molar-refractivity contribution in [2.45, 2.75) is 51.7 Å². The number of piperazine rings is 1. The van der Waals surface area contributed by atoms with Gasteiger partial charge in [-0.25, -0.2) is 0 Å². The van der Waals surface area contributed by atoms with Gasteiger partial charge in [-0.15, -0.1) is 0 Å². The lowest BCUT2D eigenvalue weighted by Crippen LogP contribution is -2.74. The third-order valence-electron chi connectivity index (χ3n) is 5.34. The smallest absolute Gasteiger partial charge is 0.239 e. The number of nitrogens with zero attached hydrogens (tertiary/aromatic N) is 2. The molecule has 0 aliphatic carbocycles. The van der Waals surface area contributed by atoms with E-state index < -0.39 is 5.54 Å². The molecule has 1 amide bonds. The summed E-state index contributed by atoms with van der Waals surface area (Å²) in [5.74, 6) is 0.310. The standard InChI is InChI=1S/C15H30N4O/c1-5-19-12(3)10-11(2)13(15(19,4)14(16)20)18-8-6-17-7-9-18/h11-13,17H,5-10H2,1-4H3,(H2,16,20). The summed E-state index contributed by atoms with van der Waals surface area (Å²) in [6, 6.07) is 0.630. The minimum atomic E-state index is -0.566. The largest absolute Gasteiger partial charge is 0.368 e. The number of rotatable bonds is 3. The molecule has 4 atom stereocenters. The van der Waals surface area contributed by atoms with Gasteiger partial charge in [0.1, 0.15) is 5.54 Å². The molecule has 0 aromatic carbocycles. The van der Waals surface area contributed by atoms with Gasteiger partial charge in [-0.3, -0.25) is 14.6 Å². The normalized spacial score (nSPS) is 40.7. The maximum atomic E-state index is 12.3. The molecule has 2 fully saturated rings. The van der Waals surface area contributed by atoms with Gasteiger partial charge < -0.3 is 11.1 Å². The first kappa shape index (κ1) is 15.7. The van der Waals surface area contributed by atoms with Crippen LogP contribution in [0.3, 0.4) is 0 Å². The lowest BCUT2D eigenvalue weighted by atomic mass is 9.73. The second kappa shape index (κ2) is 6.00. The number of carbonyl (C=O) groups is 1. The molecule has 0 aromatic rings. The maximum Gasteiger partial charge on any atom is 0.239 e. The number of primary amides is 1. The van der Waals surface area contributed by atoms with Crippen molar-refractivity contribution in [1.29, 1.82) is 0 Å². The van der Waals surface area contributed by atoms with Crippen LogP contribution in [0.4, 0.5) is 0 Å². The Balaban J connectivity index is 2.35. The second-order valence-electron chi connectivity index (χ2n) is 6.59. The van der Waals surface area contributed by atoms with Crippen molar-refractivity contribution in [3.05, 3.63) is 0 Å². The van der Waals surface area contributed by atoms with E-state index in [1.54, 1.807) is 0 Å². The average molecular weight is 282 g/mol. The van der Waals surface area contributed by atoms with Gasteiger partial charge in [0, 0.05) is 38.3 Å². The second-order valence-corrected chi connectivity index (χ2v) is 6.59. The van der Waals surface area contributed by atoms with Crippen LogP contribution in [0.2, 0.25) is 0 Å². The molecule has 20 heavy (non-hydrogen) atoms. The van der Waals surface area contributed by atoms with Gasteiger partial charge in [0.15, 0.2) is 0 Å². The number of amides is 1. The highest BCUT2D eigenvalue weighted by atomic mass is 16.1. The molecule has 4 unspecified atom stereocenters. The van der Waals surface area contributed by atoms with Crippen LogP contribution in [0.15, 0.2) is 0 Å². The number of nitrogens with one attached hydrogen (secondary N) is 1. The number of likely N-dealkylation sites (N-methyl/N-ethyl adjacent to an activating group) is 1. The Morgan fingerprint density at radius 1 is 1.35 bits per heavy atom. The predicted molar refractivity (Wildman–Crippen MR) is 81.5 cm³/mol. The fourth-order valence-corrected chi connectivity index (χ4v) is 4.58. The van der Waals surface area contributed by atoms with Gasteiger partial charge in [-0.2, -0.15) is 0 Å². The van der Waals surface area contributed by atoms with Gasteiger partial charge in [-0.1, -0.05) is 13.8 Å². The van der Waals surface area contributed by atoms with Crippen LogP contribution in [0.25, 0.3) is 0 Å². The molecule has 5 heteroatoms. The summed E-state index contributed by atoms with van der Waals surface area (Å²) in [6.07, 6.45) is 1.13. The van der Waals surface area contributed by atoms with Gasteiger partial charge in [0.05, 0.1) is 0 Å². The highest BCUT2D eigenvalue weighted by Crippen LogP contribution is 2.38. The van der Waals surface area contributed by atoms with Gasteiger partial charge in [-0.05, 0) is 32.7 Å². The van der Waals surface area contributed by atoms with Crippen LogP contribution >= 0.6 is 0 Å². The van der Waals surface area contributed by atoms with E-state index in [1.165, 1.54) is 0 Å². The third-order valence-corrected chi connectivity index (χ3v) is 5.34. The first-order valence-electron chi connectivity index (χ1n) is 7.94. The quantitative estimate of drug-likeness (QED) is 0.779. The molecule has 0 bridgehead atoms. The summed E-state index contributed by atoms with van der Waals surface area (Å²) < 4.78 is 0. The summed E-state index contributed by atoms with van der Waals surface area (Å²) in [5, 5.41) is 3.39. The lowest BCUT2D eigenvalue weighted by molar-refractivity contribution is -0.146. The molecule has 0 spiro atoms.